The third-order valence-corrected chi connectivity index (χ3v) is 2.36. The second-order valence-corrected chi connectivity index (χ2v) is 4.32. The molecule has 0 fully saturated rings. The summed E-state index contributed by atoms with van der Waals surface area (Å²) in [5.41, 5.74) is -0.195. The van der Waals surface area contributed by atoms with Crippen molar-refractivity contribution in [1.82, 2.24) is 9.55 Å². The molecule has 3 nitrogen and oxygen atoms in total. The van der Waals surface area contributed by atoms with E-state index in [2.05, 4.69) is 25.4 Å². The molecule has 0 aliphatic carbocycles. The molecule has 0 aliphatic heterocycles. The van der Waals surface area contributed by atoms with Crippen molar-refractivity contribution in [3.05, 3.63) is 40.0 Å². The Balaban J connectivity index is 3.05. The topological polar surface area (TPSA) is 37.8 Å². The molecule has 1 N–H and O–H groups in total. The van der Waals surface area contributed by atoms with Crippen LogP contribution >= 0.6 is 12.2 Å². The zero-order chi connectivity index (χ0) is 10.8. The lowest BCUT2D eigenvalue weighted by molar-refractivity contribution is 0.390. The molecule has 76 valence electrons. The monoisotopic (exact) mass is 210 g/mol. The third kappa shape index (κ3) is 2.67. The van der Waals surface area contributed by atoms with Crippen LogP contribution in [-0.2, 0) is 6.54 Å². The molecular weight excluding hydrogens is 196 g/mol. The molecule has 0 radical (unpaired) electrons. The summed E-state index contributed by atoms with van der Waals surface area (Å²) in [5, 5.41) is 0. The first-order valence-corrected chi connectivity index (χ1v) is 4.79. The smallest absolute Gasteiger partial charge is 0.251 e. The number of nitrogens with one attached hydrogen (secondary N) is 1. The van der Waals surface area contributed by atoms with Crippen LogP contribution in [0.3, 0.4) is 0 Å². The van der Waals surface area contributed by atoms with Crippen molar-refractivity contribution in [2.45, 2.75) is 20.4 Å². The van der Waals surface area contributed by atoms with Gasteiger partial charge in [-0.25, -0.2) is 0 Å². The first-order chi connectivity index (χ1) is 6.44. The van der Waals surface area contributed by atoms with Crippen LogP contribution in [0.5, 0.6) is 0 Å². The summed E-state index contributed by atoms with van der Waals surface area (Å²) >= 11 is 5.03. The van der Waals surface area contributed by atoms with Crippen molar-refractivity contribution in [1.29, 1.82) is 0 Å². The number of nitrogens with zero attached hydrogens (tertiary/aromatic N) is 1. The van der Waals surface area contributed by atoms with E-state index in [1.165, 1.54) is 6.07 Å². The number of hydrogen-bond donors (Lipinski definition) is 1. The van der Waals surface area contributed by atoms with Gasteiger partial charge in [0.25, 0.3) is 5.56 Å². The number of rotatable bonds is 3. The molecular formula is C10H14N2OS. The lowest BCUT2D eigenvalue weighted by atomic mass is 9.94. The summed E-state index contributed by atoms with van der Waals surface area (Å²) in [4.78, 5) is 13.5. The van der Waals surface area contributed by atoms with Crippen molar-refractivity contribution < 1.29 is 0 Å². The predicted octanol–water partition coefficient (Wildman–Crippen LogP) is 2.12. The van der Waals surface area contributed by atoms with Gasteiger partial charge in [-0.1, -0.05) is 19.9 Å². The van der Waals surface area contributed by atoms with Gasteiger partial charge in [0.2, 0.25) is 0 Å². The molecule has 1 aromatic rings. The molecule has 0 amide bonds. The zero-order valence-electron chi connectivity index (χ0n) is 8.41. The van der Waals surface area contributed by atoms with Crippen LogP contribution < -0.4 is 5.56 Å². The third-order valence-electron chi connectivity index (χ3n) is 2.03. The van der Waals surface area contributed by atoms with Crippen LogP contribution in [0.2, 0.25) is 0 Å². The van der Waals surface area contributed by atoms with E-state index < -0.39 is 0 Å². The van der Waals surface area contributed by atoms with Gasteiger partial charge in [0.1, 0.15) is 0 Å². The lowest BCUT2D eigenvalue weighted by Gasteiger charge is -2.21. The summed E-state index contributed by atoms with van der Waals surface area (Å²) in [6.45, 7) is 8.60. The Hall–Kier alpha value is -1.16. The number of allylic oxidation sites excluding steroid dienone is 1. The summed E-state index contributed by atoms with van der Waals surface area (Å²) in [6.07, 6.45) is 3.58. The van der Waals surface area contributed by atoms with E-state index in [0.29, 0.717) is 11.3 Å². The molecule has 0 saturated carbocycles. The minimum atomic E-state index is -0.164. The van der Waals surface area contributed by atoms with E-state index in [4.69, 9.17) is 12.2 Å². The minimum Gasteiger partial charge on any atom is -0.324 e. The first kappa shape index (κ1) is 10.9. The van der Waals surface area contributed by atoms with Gasteiger partial charge in [0, 0.05) is 24.2 Å². The highest BCUT2D eigenvalue weighted by atomic mass is 32.1. The van der Waals surface area contributed by atoms with E-state index >= 15 is 0 Å². The van der Waals surface area contributed by atoms with Gasteiger partial charge >= 0.3 is 0 Å². The van der Waals surface area contributed by atoms with Crippen LogP contribution in [-0.4, -0.2) is 9.55 Å². The lowest BCUT2D eigenvalue weighted by Crippen LogP contribution is -2.20. The van der Waals surface area contributed by atoms with E-state index in [1.807, 2.05) is 10.6 Å². The van der Waals surface area contributed by atoms with Gasteiger partial charge < -0.3 is 4.57 Å². The fraction of sp³-hybridized carbons (Fsp3) is 0.400. The van der Waals surface area contributed by atoms with Gasteiger partial charge in [0.05, 0.1) is 0 Å². The Morgan fingerprint density at radius 3 is 2.86 bits per heavy atom. The zero-order valence-corrected chi connectivity index (χ0v) is 9.23. The second-order valence-electron chi connectivity index (χ2n) is 3.93. The molecule has 4 heteroatoms. The first-order valence-electron chi connectivity index (χ1n) is 4.38. The Morgan fingerprint density at radius 2 is 2.36 bits per heavy atom. The normalized spacial score (nSPS) is 11.3. The molecule has 14 heavy (non-hydrogen) atoms. The standard InChI is InChI=1S/C10H14N2OS/c1-4-10(2,3)7-12-6-5-8(13)11-9(12)14/h4-6H,1,7H2,2-3H3,(H,11,13,14). The second kappa shape index (κ2) is 3.92. The molecule has 1 rings (SSSR count). The predicted molar refractivity (Wildman–Crippen MR) is 59.9 cm³/mol. The molecule has 0 aromatic carbocycles. The molecule has 0 unspecified atom stereocenters. The van der Waals surface area contributed by atoms with Gasteiger partial charge in [-0.15, -0.1) is 6.58 Å². The highest BCUT2D eigenvalue weighted by Gasteiger charge is 2.13. The molecule has 0 saturated heterocycles. The van der Waals surface area contributed by atoms with Gasteiger partial charge in [-0.3, -0.25) is 9.78 Å². The summed E-state index contributed by atoms with van der Waals surface area (Å²) in [5.74, 6) is 0. The summed E-state index contributed by atoms with van der Waals surface area (Å²) in [7, 11) is 0. The number of H-pyrrole nitrogens is 1. The van der Waals surface area contributed by atoms with Crippen LogP contribution in [0.4, 0.5) is 0 Å². The van der Waals surface area contributed by atoms with Crippen molar-refractivity contribution in [2.75, 3.05) is 0 Å². The Kier molecular flexibility index (Phi) is 3.06. The molecule has 0 atom stereocenters. The number of aromatic nitrogens is 2. The Morgan fingerprint density at radius 1 is 1.71 bits per heavy atom. The number of hydrogen-bond acceptors (Lipinski definition) is 2. The highest BCUT2D eigenvalue weighted by molar-refractivity contribution is 7.71. The molecule has 0 bridgehead atoms. The highest BCUT2D eigenvalue weighted by Crippen LogP contribution is 2.18. The SMILES string of the molecule is C=CC(C)(C)Cn1ccc(=O)[nH]c1=S. The Labute approximate surface area is 88.1 Å². The van der Waals surface area contributed by atoms with Crippen LogP contribution in [0.25, 0.3) is 0 Å². The maximum Gasteiger partial charge on any atom is 0.251 e. The Bertz CT molecular complexity index is 442. The maximum absolute atomic E-state index is 10.9. The van der Waals surface area contributed by atoms with Gasteiger partial charge in [-0.05, 0) is 12.2 Å². The van der Waals surface area contributed by atoms with Crippen molar-refractivity contribution in [3.63, 3.8) is 0 Å². The molecule has 0 aliphatic rings. The number of aromatic amines is 1. The largest absolute Gasteiger partial charge is 0.324 e. The molecule has 1 aromatic heterocycles. The average molecular weight is 210 g/mol. The summed E-state index contributed by atoms with van der Waals surface area (Å²) in [6, 6.07) is 1.47. The van der Waals surface area contributed by atoms with Crippen molar-refractivity contribution in [2.24, 2.45) is 5.41 Å². The fourth-order valence-corrected chi connectivity index (χ4v) is 1.30. The average Bonchev–Trinajstić information content (AvgIpc) is 2.10. The van der Waals surface area contributed by atoms with Crippen LogP contribution in [0.1, 0.15) is 13.8 Å². The minimum absolute atomic E-state index is 0.0313. The van der Waals surface area contributed by atoms with Crippen LogP contribution in [0, 0.1) is 10.2 Å². The van der Waals surface area contributed by atoms with E-state index in [1.54, 1.807) is 6.20 Å². The quantitative estimate of drug-likeness (QED) is 0.613. The van der Waals surface area contributed by atoms with E-state index in [-0.39, 0.29) is 11.0 Å². The molecule has 0 spiro atoms. The van der Waals surface area contributed by atoms with Gasteiger partial charge in [0.15, 0.2) is 4.77 Å². The molecule has 1 heterocycles. The van der Waals surface area contributed by atoms with Crippen molar-refractivity contribution >= 4 is 12.2 Å². The van der Waals surface area contributed by atoms with Gasteiger partial charge in [-0.2, -0.15) is 0 Å². The van der Waals surface area contributed by atoms with Crippen molar-refractivity contribution in [3.8, 4) is 0 Å². The maximum atomic E-state index is 10.9. The fourth-order valence-electron chi connectivity index (χ4n) is 1.07. The van der Waals surface area contributed by atoms with E-state index in [0.717, 1.165) is 0 Å². The van der Waals surface area contributed by atoms with Crippen LogP contribution in [0.15, 0.2) is 29.7 Å². The summed E-state index contributed by atoms with van der Waals surface area (Å²) < 4.78 is 2.28. The van der Waals surface area contributed by atoms with E-state index in [9.17, 15) is 4.79 Å².